The van der Waals surface area contributed by atoms with E-state index in [-0.39, 0.29) is 12.0 Å². The molecule has 5 atom stereocenters. The minimum absolute atomic E-state index is 0.0909. The van der Waals surface area contributed by atoms with Crippen LogP contribution in [0.3, 0.4) is 0 Å². The fraction of sp³-hybridized carbons (Fsp3) is 0.783. The first-order valence-corrected chi connectivity index (χ1v) is 10.6. The zero-order valence-electron chi connectivity index (χ0n) is 17.2. The molecule has 0 unspecified atom stereocenters. The van der Waals surface area contributed by atoms with Gasteiger partial charge < -0.3 is 9.84 Å². The topological polar surface area (TPSA) is 46.5 Å². The highest BCUT2D eigenvalue weighted by atomic mass is 16.6. The molecule has 1 N–H and O–H groups in total. The molecule has 0 radical (unpaired) electrons. The molecule has 3 heteroatoms. The van der Waals surface area contributed by atoms with Crippen LogP contribution in [0.5, 0.6) is 0 Å². The highest BCUT2D eigenvalue weighted by molar-refractivity contribution is 5.84. The molecule has 0 heterocycles. The highest BCUT2D eigenvalue weighted by Gasteiger charge is 2.49. The summed E-state index contributed by atoms with van der Waals surface area (Å²) in [6, 6.07) is 0. The lowest BCUT2D eigenvalue weighted by Gasteiger charge is -2.40. The minimum atomic E-state index is -1.55. The largest absolute Gasteiger partial charge is 0.460 e. The smallest absolute Gasteiger partial charge is 0.343 e. The van der Waals surface area contributed by atoms with Crippen LogP contribution in [-0.4, -0.2) is 22.8 Å². The van der Waals surface area contributed by atoms with E-state index in [1.807, 2.05) is 6.08 Å². The molecule has 0 aromatic rings. The van der Waals surface area contributed by atoms with Gasteiger partial charge in [-0.25, -0.2) is 4.79 Å². The van der Waals surface area contributed by atoms with Crippen molar-refractivity contribution in [2.75, 3.05) is 0 Å². The van der Waals surface area contributed by atoms with E-state index in [2.05, 4.69) is 34.3 Å². The van der Waals surface area contributed by atoms with Crippen molar-refractivity contribution in [3.05, 3.63) is 24.3 Å². The van der Waals surface area contributed by atoms with Crippen LogP contribution in [0.1, 0.15) is 79.1 Å². The van der Waals surface area contributed by atoms with Crippen molar-refractivity contribution in [2.45, 2.75) is 90.8 Å². The van der Waals surface area contributed by atoms with E-state index >= 15 is 0 Å². The number of ether oxygens (including phenoxy) is 1. The maximum Gasteiger partial charge on any atom is 0.343 e. The van der Waals surface area contributed by atoms with Gasteiger partial charge in [-0.2, -0.15) is 0 Å². The second kappa shape index (κ2) is 9.21. The standard InChI is InChI=1S/C23H38O3/c1-6-10-18(7-2)23(25,19-11-8-9-12-19)22(24)26-21-15-17(5)13-14-20(21)16(3)4/h7,11,16-18,20-21,25H,2,6,8-10,12-15H2,1,3-5H3/t17-,18+,20+,21-,23+/m1/s1. The van der Waals surface area contributed by atoms with Crippen LogP contribution >= 0.6 is 0 Å². The lowest BCUT2D eigenvalue weighted by atomic mass is 9.74. The fourth-order valence-electron chi connectivity index (χ4n) is 4.82. The van der Waals surface area contributed by atoms with Crippen LogP contribution in [0.4, 0.5) is 0 Å². The third kappa shape index (κ3) is 4.42. The molecule has 148 valence electrons. The van der Waals surface area contributed by atoms with Crippen LogP contribution in [0.15, 0.2) is 24.3 Å². The van der Waals surface area contributed by atoms with E-state index in [0.717, 1.165) is 50.5 Å². The van der Waals surface area contributed by atoms with Crippen LogP contribution in [-0.2, 0) is 9.53 Å². The Kier molecular flexibility index (Phi) is 7.52. The Hall–Kier alpha value is -1.09. The van der Waals surface area contributed by atoms with Crippen molar-refractivity contribution in [3.63, 3.8) is 0 Å². The number of allylic oxidation sites excluding steroid dienone is 1. The Morgan fingerprint density at radius 2 is 2.19 bits per heavy atom. The molecule has 0 saturated heterocycles. The summed E-state index contributed by atoms with van der Waals surface area (Å²) in [5.74, 6) is 0.680. The zero-order valence-corrected chi connectivity index (χ0v) is 17.2. The second-order valence-electron chi connectivity index (χ2n) is 8.79. The Morgan fingerprint density at radius 3 is 2.73 bits per heavy atom. The highest BCUT2D eigenvalue weighted by Crippen LogP contribution is 2.41. The number of aliphatic hydroxyl groups is 1. The van der Waals surface area contributed by atoms with E-state index in [0.29, 0.717) is 17.8 Å². The molecule has 0 aromatic carbocycles. The van der Waals surface area contributed by atoms with Crippen LogP contribution in [0, 0.1) is 23.7 Å². The number of carbonyl (C=O) groups excluding carboxylic acids is 1. The van der Waals surface area contributed by atoms with Crippen molar-refractivity contribution in [1.29, 1.82) is 0 Å². The summed E-state index contributed by atoms with van der Waals surface area (Å²) in [5.41, 5.74) is -0.706. The van der Waals surface area contributed by atoms with Gasteiger partial charge in [0.05, 0.1) is 0 Å². The average Bonchev–Trinajstić information content (AvgIpc) is 3.13. The molecule has 0 spiro atoms. The lowest BCUT2D eigenvalue weighted by Crippen LogP contribution is -2.50. The number of esters is 1. The van der Waals surface area contributed by atoms with E-state index < -0.39 is 11.6 Å². The first-order chi connectivity index (χ1) is 12.3. The molecular weight excluding hydrogens is 324 g/mol. The molecule has 2 aliphatic rings. The molecule has 1 saturated carbocycles. The Bertz CT molecular complexity index is 522. The van der Waals surface area contributed by atoms with Gasteiger partial charge in [-0.15, -0.1) is 6.58 Å². The van der Waals surface area contributed by atoms with Crippen LogP contribution in [0.25, 0.3) is 0 Å². The van der Waals surface area contributed by atoms with Gasteiger partial charge in [-0.3, -0.25) is 0 Å². The van der Waals surface area contributed by atoms with Crippen molar-refractivity contribution >= 4 is 5.97 Å². The molecule has 2 aliphatic carbocycles. The first-order valence-electron chi connectivity index (χ1n) is 10.6. The Balaban J connectivity index is 2.26. The third-order valence-electron chi connectivity index (χ3n) is 6.48. The van der Waals surface area contributed by atoms with Gasteiger partial charge in [0, 0.05) is 5.92 Å². The molecule has 2 rings (SSSR count). The minimum Gasteiger partial charge on any atom is -0.460 e. The number of rotatable bonds is 8. The average molecular weight is 363 g/mol. The molecule has 0 amide bonds. The summed E-state index contributed by atoms with van der Waals surface area (Å²) in [6.07, 6.45) is 11.2. The summed E-state index contributed by atoms with van der Waals surface area (Å²) in [7, 11) is 0. The van der Waals surface area contributed by atoms with Crippen LogP contribution < -0.4 is 0 Å². The summed E-state index contributed by atoms with van der Waals surface area (Å²) < 4.78 is 6.06. The molecule has 1 fully saturated rings. The summed E-state index contributed by atoms with van der Waals surface area (Å²) in [4.78, 5) is 13.3. The number of hydrogen-bond donors (Lipinski definition) is 1. The van der Waals surface area contributed by atoms with Crippen molar-refractivity contribution in [3.8, 4) is 0 Å². The van der Waals surface area contributed by atoms with Gasteiger partial charge in [0.15, 0.2) is 5.60 Å². The van der Waals surface area contributed by atoms with Gasteiger partial charge in [-0.1, -0.05) is 52.7 Å². The van der Waals surface area contributed by atoms with Gasteiger partial charge >= 0.3 is 5.97 Å². The number of hydrogen-bond acceptors (Lipinski definition) is 3. The van der Waals surface area contributed by atoms with Crippen molar-refractivity contribution in [2.24, 2.45) is 23.7 Å². The Labute approximate surface area is 159 Å². The number of carbonyl (C=O) groups is 1. The Morgan fingerprint density at radius 1 is 1.46 bits per heavy atom. The van der Waals surface area contributed by atoms with Gasteiger partial charge in [-0.05, 0) is 61.9 Å². The van der Waals surface area contributed by atoms with Crippen molar-refractivity contribution in [1.82, 2.24) is 0 Å². The van der Waals surface area contributed by atoms with E-state index in [4.69, 9.17) is 4.74 Å². The zero-order chi connectivity index (χ0) is 19.3. The van der Waals surface area contributed by atoms with E-state index in [9.17, 15) is 9.90 Å². The van der Waals surface area contributed by atoms with Crippen LogP contribution in [0.2, 0.25) is 0 Å². The molecular formula is C23H38O3. The van der Waals surface area contributed by atoms with Gasteiger partial charge in [0.1, 0.15) is 6.10 Å². The van der Waals surface area contributed by atoms with Crippen molar-refractivity contribution < 1.29 is 14.6 Å². The molecule has 0 bridgehead atoms. The first kappa shape index (κ1) is 21.2. The van der Waals surface area contributed by atoms with E-state index in [1.165, 1.54) is 6.42 Å². The lowest BCUT2D eigenvalue weighted by molar-refractivity contribution is -0.177. The predicted molar refractivity (Wildman–Crippen MR) is 107 cm³/mol. The maximum absolute atomic E-state index is 13.3. The van der Waals surface area contributed by atoms with E-state index in [1.54, 1.807) is 6.08 Å². The molecule has 3 nitrogen and oxygen atoms in total. The summed E-state index contributed by atoms with van der Waals surface area (Å²) in [6.45, 7) is 12.6. The molecule has 26 heavy (non-hydrogen) atoms. The maximum atomic E-state index is 13.3. The quantitative estimate of drug-likeness (QED) is 0.462. The predicted octanol–water partition coefficient (Wildman–Crippen LogP) is 5.43. The van der Waals surface area contributed by atoms with Gasteiger partial charge in [0.25, 0.3) is 0 Å². The monoisotopic (exact) mass is 362 g/mol. The van der Waals surface area contributed by atoms with Gasteiger partial charge in [0.2, 0.25) is 0 Å². The SMILES string of the molecule is C=C[C@@H](CCC)[C@@](O)(C(=O)O[C@@H]1C[C@H](C)CC[C@H]1C(C)C)C1=CCCC1. The fourth-order valence-corrected chi connectivity index (χ4v) is 4.82. The molecule has 0 aromatic heterocycles. The third-order valence-corrected chi connectivity index (χ3v) is 6.48. The second-order valence-corrected chi connectivity index (χ2v) is 8.79. The normalized spacial score (nSPS) is 29.8. The summed E-state index contributed by atoms with van der Waals surface area (Å²) >= 11 is 0. The molecule has 0 aliphatic heterocycles. The summed E-state index contributed by atoms with van der Waals surface area (Å²) in [5, 5.41) is 11.6.